The van der Waals surface area contributed by atoms with Gasteiger partial charge < -0.3 is 9.47 Å². The number of nitrogens with zero attached hydrogens (tertiary/aromatic N) is 2. The molecule has 0 atom stereocenters. The summed E-state index contributed by atoms with van der Waals surface area (Å²) in [5, 5.41) is 7.74. The van der Waals surface area contributed by atoms with E-state index >= 15 is 0 Å². The second kappa shape index (κ2) is 13.3. The monoisotopic (exact) mass is 774 g/mol. The van der Waals surface area contributed by atoms with E-state index in [4.69, 9.17) is 0 Å². The SMILES string of the molecule is c1ccc(-n2c3ccccc3c3cc(-c4ccc(N(c5ccc(-c6ccc7c(c6)sc6ccccc67)cc5)c5cccc6sc7ccccc7c56)cc4)ccc32)cc1. The normalized spacial score (nSPS) is 11.8. The van der Waals surface area contributed by atoms with Crippen LogP contribution in [-0.4, -0.2) is 4.57 Å². The lowest BCUT2D eigenvalue weighted by Crippen LogP contribution is -2.10. The lowest BCUT2D eigenvalue weighted by Gasteiger charge is -2.27. The number of hydrogen-bond acceptors (Lipinski definition) is 3. The summed E-state index contributed by atoms with van der Waals surface area (Å²) in [5.41, 5.74) is 11.8. The molecular weight excluding hydrogens is 741 g/mol. The Balaban J connectivity index is 0.967. The molecule has 0 aliphatic rings. The quantitative estimate of drug-likeness (QED) is 0.163. The Morgan fingerprint density at radius 2 is 0.862 bits per heavy atom. The molecule has 0 aliphatic heterocycles. The van der Waals surface area contributed by atoms with Crippen LogP contribution < -0.4 is 4.90 Å². The minimum Gasteiger partial charge on any atom is -0.310 e. The van der Waals surface area contributed by atoms with E-state index < -0.39 is 0 Å². The van der Waals surface area contributed by atoms with Crippen LogP contribution in [-0.2, 0) is 0 Å². The highest BCUT2D eigenvalue weighted by Crippen LogP contribution is 2.46. The Labute approximate surface area is 343 Å². The number of anilines is 3. The minimum atomic E-state index is 1.12. The first kappa shape index (κ1) is 33.2. The smallest absolute Gasteiger partial charge is 0.0554 e. The van der Waals surface area contributed by atoms with Crippen molar-refractivity contribution in [1.82, 2.24) is 4.57 Å². The van der Waals surface area contributed by atoms with Crippen molar-refractivity contribution in [2.45, 2.75) is 0 Å². The van der Waals surface area contributed by atoms with Gasteiger partial charge in [-0.05, 0) is 107 Å². The zero-order chi connectivity index (χ0) is 38.2. The molecule has 4 heteroatoms. The molecule has 0 bridgehead atoms. The number of para-hydroxylation sites is 2. The topological polar surface area (TPSA) is 8.17 Å². The van der Waals surface area contributed by atoms with Crippen molar-refractivity contribution in [2.75, 3.05) is 4.90 Å². The summed E-state index contributed by atoms with van der Waals surface area (Å²) >= 11 is 3.73. The average molecular weight is 775 g/mol. The number of hydrogen-bond donors (Lipinski definition) is 0. The molecule has 12 rings (SSSR count). The van der Waals surface area contributed by atoms with E-state index in [-0.39, 0.29) is 0 Å². The third-order valence-corrected chi connectivity index (χ3v) is 13.9. The minimum absolute atomic E-state index is 1.12. The second-order valence-electron chi connectivity index (χ2n) is 14.9. The van der Waals surface area contributed by atoms with Crippen LogP contribution in [0, 0.1) is 0 Å². The van der Waals surface area contributed by atoms with E-state index in [0.29, 0.717) is 0 Å². The van der Waals surface area contributed by atoms with Gasteiger partial charge in [0.25, 0.3) is 0 Å². The van der Waals surface area contributed by atoms with E-state index in [9.17, 15) is 0 Å². The van der Waals surface area contributed by atoms with Crippen molar-refractivity contribution in [3.8, 4) is 27.9 Å². The van der Waals surface area contributed by atoms with Crippen molar-refractivity contribution in [1.29, 1.82) is 0 Å². The Bertz CT molecular complexity index is 3500. The highest BCUT2D eigenvalue weighted by Gasteiger charge is 2.19. The van der Waals surface area contributed by atoms with Gasteiger partial charge in [-0.1, -0.05) is 121 Å². The van der Waals surface area contributed by atoms with E-state index in [2.05, 4.69) is 216 Å². The molecule has 0 saturated carbocycles. The first-order valence-corrected chi connectivity index (χ1v) is 21.3. The first-order valence-electron chi connectivity index (χ1n) is 19.7. The molecule has 0 amide bonds. The fraction of sp³-hybridized carbons (Fsp3) is 0. The highest BCUT2D eigenvalue weighted by atomic mass is 32.1. The van der Waals surface area contributed by atoms with Gasteiger partial charge >= 0.3 is 0 Å². The Morgan fingerprint density at radius 1 is 0.328 bits per heavy atom. The summed E-state index contributed by atoms with van der Waals surface area (Å²) in [6, 6.07) is 75.6. The molecular formula is C54H34N2S2. The average Bonchev–Trinajstić information content (AvgIpc) is 3.97. The van der Waals surface area contributed by atoms with Gasteiger partial charge in [0.15, 0.2) is 0 Å². The fourth-order valence-corrected chi connectivity index (χ4v) is 11.2. The van der Waals surface area contributed by atoms with Gasteiger partial charge in [-0.15, -0.1) is 22.7 Å². The number of rotatable bonds is 6. The van der Waals surface area contributed by atoms with Gasteiger partial charge in [0.2, 0.25) is 0 Å². The predicted molar refractivity (Wildman–Crippen MR) is 252 cm³/mol. The van der Waals surface area contributed by atoms with E-state index in [1.807, 2.05) is 22.7 Å². The largest absolute Gasteiger partial charge is 0.310 e. The molecule has 0 N–H and O–H groups in total. The molecule has 58 heavy (non-hydrogen) atoms. The molecule has 0 unspecified atom stereocenters. The first-order chi connectivity index (χ1) is 28.7. The van der Waals surface area contributed by atoms with Gasteiger partial charge in [0.05, 0.1) is 16.7 Å². The Morgan fingerprint density at radius 3 is 1.62 bits per heavy atom. The van der Waals surface area contributed by atoms with Crippen molar-refractivity contribution in [2.24, 2.45) is 0 Å². The summed E-state index contributed by atoms with van der Waals surface area (Å²) in [4.78, 5) is 2.43. The van der Waals surface area contributed by atoms with Gasteiger partial charge in [0.1, 0.15) is 0 Å². The van der Waals surface area contributed by atoms with Crippen LogP contribution in [0.5, 0.6) is 0 Å². The zero-order valence-corrected chi connectivity index (χ0v) is 33.0. The van der Waals surface area contributed by atoms with Gasteiger partial charge in [0, 0.05) is 68.2 Å². The molecule has 3 heterocycles. The lowest BCUT2D eigenvalue weighted by molar-refractivity contribution is 1.18. The Kier molecular flexibility index (Phi) is 7.62. The predicted octanol–water partition coefficient (Wildman–Crippen LogP) is 16.3. The van der Waals surface area contributed by atoms with Crippen LogP contribution in [0.2, 0.25) is 0 Å². The fourth-order valence-electron chi connectivity index (χ4n) is 8.89. The number of thiophene rings is 2. The highest BCUT2D eigenvalue weighted by molar-refractivity contribution is 7.26. The molecule has 12 aromatic rings. The van der Waals surface area contributed by atoms with Crippen LogP contribution in [0.3, 0.4) is 0 Å². The van der Waals surface area contributed by atoms with Gasteiger partial charge in [-0.25, -0.2) is 0 Å². The maximum Gasteiger partial charge on any atom is 0.0554 e. The van der Waals surface area contributed by atoms with Crippen LogP contribution in [0.1, 0.15) is 0 Å². The molecule has 0 spiro atoms. The molecule has 0 aliphatic carbocycles. The number of fused-ring (bicyclic) bond motifs is 9. The van der Waals surface area contributed by atoms with Gasteiger partial charge in [-0.2, -0.15) is 0 Å². The second-order valence-corrected chi connectivity index (χ2v) is 17.1. The number of benzene rings is 9. The summed E-state index contributed by atoms with van der Waals surface area (Å²) in [7, 11) is 0. The standard InChI is InChI=1S/C54H34N2S2/c1-2-11-39(12-3-1)56-47-16-7-4-13-42(47)46-33-37(26-32-48(46)56)35-21-27-40(28-22-35)55(49-17-10-20-52-54(49)45-15-6-9-19-51(45)57-52)41-29-23-36(24-30-41)38-25-31-44-43-14-5-8-18-50(43)58-53(44)34-38/h1-34H. The van der Waals surface area contributed by atoms with Crippen molar-refractivity contribution >= 4 is 102 Å². The third-order valence-electron chi connectivity index (χ3n) is 11.6. The molecule has 3 aromatic heterocycles. The van der Waals surface area contributed by atoms with E-state index in [1.165, 1.54) is 95.8 Å². The van der Waals surface area contributed by atoms with E-state index in [1.54, 1.807) is 0 Å². The van der Waals surface area contributed by atoms with Crippen molar-refractivity contribution in [3.63, 3.8) is 0 Å². The zero-order valence-electron chi connectivity index (χ0n) is 31.3. The molecule has 0 fully saturated rings. The van der Waals surface area contributed by atoms with Crippen LogP contribution in [0.25, 0.3) is 90.1 Å². The maximum absolute atomic E-state index is 2.43. The third kappa shape index (κ3) is 5.30. The van der Waals surface area contributed by atoms with Crippen LogP contribution in [0.15, 0.2) is 206 Å². The molecule has 0 saturated heterocycles. The maximum atomic E-state index is 2.43. The summed E-state index contributed by atoms with van der Waals surface area (Å²) in [6.45, 7) is 0. The van der Waals surface area contributed by atoms with Crippen LogP contribution in [0.4, 0.5) is 17.1 Å². The van der Waals surface area contributed by atoms with Crippen LogP contribution >= 0.6 is 22.7 Å². The molecule has 9 aromatic carbocycles. The summed E-state index contributed by atoms with van der Waals surface area (Å²) in [6.07, 6.45) is 0. The molecule has 272 valence electrons. The number of aromatic nitrogens is 1. The summed E-state index contributed by atoms with van der Waals surface area (Å²) < 4.78 is 7.62. The lowest BCUT2D eigenvalue weighted by atomic mass is 10.0. The Hall–Kier alpha value is -6.98. The van der Waals surface area contributed by atoms with Crippen molar-refractivity contribution in [3.05, 3.63) is 206 Å². The summed E-state index contributed by atoms with van der Waals surface area (Å²) in [5.74, 6) is 0. The van der Waals surface area contributed by atoms with E-state index in [0.717, 1.165) is 11.4 Å². The van der Waals surface area contributed by atoms with Crippen molar-refractivity contribution < 1.29 is 0 Å². The molecule has 0 radical (unpaired) electrons. The van der Waals surface area contributed by atoms with Gasteiger partial charge in [-0.3, -0.25) is 0 Å². The molecule has 2 nitrogen and oxygen atoms in total.